The molecule has 3 heterocycles. The van der Waals surface area contributed by atoms with Crippen molar-refractivity contribution in [3.05, 3.63) is 187 Å². The van der Waals surface area contributed by atoms with Crippen molar-refractivity contribution in [2.45, 2.75) is 66.2 Å². The monoisotopic (exact) mass is 963 g/mol. The van der Waals surface area contributed by atoms with Gasteiger partial charge in [0.25, 0.3) is 6.33 Å². The van der Waals surface area contributed by atoms with Gasteiger partial charge >= 0.3 is 0 Å². The predicted octanol–water partition coefficient (Wildman–Crippen LogP) is 13.0. The molecule has 0 N–H and O–H groups in total. The Morgan fingerprint density at radius 2 is 1.32 bits per heavy atom. The number of aromatic nitrogens is 4. The molecule has 0 saturated heterocycles. The summed E-state index contributed by atoms with van der Waals surface area (Å²) < 4.78 is 13.3. The summed E-state index contributed by atoms with van der Waals surface area (Å²) in [5, 5.41) is 2.22. The fourth-order valence-electron chi connectivity index (χ4n) is 8.08. The van der Waals surface area contributed by atoms with Crippen LogP contribution in [0.25, 0.3) is 61.3 Å². The quantitative estimate of drug-likeness (QED) is 0.118. The van der Waals surface area contributed by atoms with Gasteiger partial charge in [-0.15, -0.1) is 35.2 Å². The maximum atomic E-state index is 6.85. The number of fused-ring (bicyclic) bond motifs is 3. The fraction of sp³-hybridized carbons (Fsp3) is 0.185. The molecule has 0 aliphatic rings. The van der Waals surface area contributed by atoms with Crippen molar-refractivity contribution in [3.8, 4) is 50.9 Å². The molecule has 0 saturated carbocycles. The Kier molecular flexibility index (Phi) is 10.8. The van der Waals surface area contributed by atoms with Gasteiger partial charge in [-0.25, -0.2) is 4.98 Å². The van der Waals surface area contributed by atoms with E-state index in [-0.39, 0.29) is 31.9 Å². The summed E-state index contributed by atoms with van der Waals surface area (Å²) in [5.41, 5.74) is 12.9. The molecule has 0 fully saturated rings. The number of imidazole rings is 1. The van der Waals surface area contributed by atoms with E-state index in [4.69, 9.17) is 9.72 Å². The minimum absolute atomic E-state index is 0. The number of hydrogen-bond donors (Lipinski definition) is 0. The largest absolute Gasteiger partial charge is 0.510 e. The van der Waals surface area contributed by atoms with Crippen LogP contribution in [0.1, 0.15) is 63.9 Å². The van der Waals surface area contributed by atoms with Crippen LogP contribution in [0.2, 0.25) is 0 Å². The van der Waals surface area contributed by atoms with Crippen LogP contribution < -0.4 is 9.30 Å². The smallest absolute Gasteiger partial charge is 0.267 e. The first-order valence-corrected chi connectivity index (χ1v) is 20.3. The molecule has 6 aromatic carbocycles. The zero-order chi connectivity index (χ0) is 41.1. The number of pyridine rings is 1. The van der Waals surface area contributed by atoms with Crippen molar-refractivity contribution >= 4 is 21.8 Å². The van der Waals surface area contributed by atoms with Gasteiger partial charge in [-0.3, -0.25) is 4.57 Å². The van der Waals surface area contributed by atoms with E-state index in [1.54, 1.807) is 0 Å². The summed E-state index contributed by atoms with van der Waals surface area (Å²) in [6.45, 7) is 17.7. The van der Waals surface area contributed by atoms with E-state index in [0.29, 0.717) is 11.5 Å². The normalized spacial score (nSPS) is 11.9. The third-order valence-corrected chi connectivity index (χ3v) is 11.2. The first-order chi connectivity index (χ1) is 28.3. The van der Waals surface area contributed by atoms with Crippen molar-refractivity contribution in [2.24, 2.45) is 0 Å². The minimum Gasteiger partial charge on any atom is -0.510 e. The Bertz CT molecular complexity index is 2980. The third-order valence-electron chi connectivity index (χ3n) is 11.2. The van der Waals surface area contributed by atoms with Gasteiger partial charge in [-0.1, -0.05) is 126 Å². The van der Waals surface area contributed by atoms with Gasteiger partial charge in [-0.05, 0) is 99.5 Å². The van der Waals surface area contributed by atoms with Crippen molar-refractivity contribution in [1.29, 1.82) is 0 Å². The summed E-state index contributed by atoms with van der Waals surface area (Å²) in [5.74, 6) is 2.03. The average Bonchev–Trinajstić information content (AvgIpc) is 3.82. The zero-order valence-electron chi connectivity index (χ0n) is 35.4. The molecule has 0 unspecified atom stereocenters. The van der Waals surface area contributed by atoms with Crippen LogP contribution in [0.3, 0.4) is 0 Å². The molecule has 0 atom stereocenters. The van der Waals surface area contributed by atoms with Gasteiger partial charge in [0.2, 0.25) is 0 Å². The van der Waals surface area contributed by atoms with Crippen LogP contribution in [0.15, 0.2) is 146 Å². The van der Waals surface area contributed by atoms with Gasteiger partial charge in [0.15, 0.2) is 0 Å². The molecule has 0 spiro atoms. The fourth-order valence-corrected chi connectivity index (χ4v) is 8.08. The van der Waals surface area contributed by atoms with Gasteiger partial charge in [0.05, 0.1) is 11.4 Å². The number of ether oxygens (including phenoxy) is 1. The standard InChI is InChI=1S/C54H48N4O.Pt/c1-36-15-14-16-37(2)52(36)40-29-43(57-35-56(34-50(57)54(6,7)8)42-23-21-39(22-24-42)38-17-10-9-11-18-38)32-45(30-40)59-44-25-26-47-46-19-12-13-20-48(46)58(49(47)33-44)51-31-41(27-28-55-51)53(3,4)5;/h9-31,34H,1-8H3;/q-2;. The molecule has 9 rings (SSSR count). The van der Waals surface area contributed by atoms with Crippen LogP contribution in [0.5, 0.6) is 11.5 Å². The van der Waals surface area contributed by atoms with E-state index in [9.17, 15) is 0 Å². The van der Waals surface area contributed by atoms with Crippen molar-refractivity contribution in [2.75, 3.05) is 0 Å². The maximum Gasteiger partial charge on any atom is 0.267 e. The second-order valence-electron chi connectivity index (χ2n) is 17.6. The number of benzene rings is 6. The Morgan fingerprint density at radius 3 is 2.03 bits per heavy atom. The summed E-state index contributed by atoms with van der Waals surface area (Å²) in [4.78, 5) is 4.87. The number of hydrogen-bond acceptors (Lipinski definition) is 2. The van der Waals surface area contributed by atoms with Gasteiger partial charge in [-0.2, -0.15) is 12.1 Å². The Morgan fingerprint density at radius 1 is 0.617 bits per heavy atom. The number of nitrogens with zero attached hydrogens (tertiary/aromatic N) is 4. The van der Waals surface area contributed by atoms with E-state index in [1.165, 1.54) is 33.4 Å². The molecule has 0 aliphatic heterocycles. The van der Waals surface area contributed by atoms with Crippen molar-refractivity contribution < 1.29 is 30.4 Å². The van der Waals surface area contributed by atoms with Gasteiger partial charge in [0.1, 0.15) is 5.82 Å². The van der Waals surface area contributed by atoms with Crippen LogP contribution >= 0.6 is 0 Å². The van der Waals surface area contributed by atoms with Gasteiger partial charge < -0.3 is 13.9 Å². The molecular formula is C54H48N4OPt-2. The Balaban J connectivity index is 0.00000499. The van der Waals surface area contributed by atoms with Crippen molar-refractivity contribution in [3.63, 3.8) is 0 Å². The average molecular weight is 964 g/mol. The number of rotatable bonds is 7. The molecule has 0 amide bonds. The first kappa shape index (κ1) is 40.7. The maximum absolute atomic E-state index is 6.85. The van der Waals surface area contributed by atoms with Gasteiger partial charge in [0, 0.05) is 50.5 Å². The molecule has 0 aliphatic carbocycles. The second kappa shape index (κ2) is 15.9. The molecule has 302 valence electrons. The number of aryl methyl sites for hydroxylation is 2. The van der Waals surface area contributed by atoms with E-state index in [2.05, 4.69) is 215 Å². The first-order valence-electron chi connectivity index (χ1n) is 20.3. The minimum atomic E-state index is -0.209. The molecule has 3 aromatic heterocycles. The second-order valence-corrected chi connectivity index (χ2v) is 17.6. The van der Waals surface area contributed by atoms with E-state index in [0.717, 1.165) is 50.3 Å². The summed E-state index contributed by atoms with van der Waals surface area (Å²) in [7, 11) is 0. The summed E-state index contributed by atoms with van der Waals surface area (Å²) in [6.07, 6.45) is 7.77. The molecule has 0 bridgehead atoms. The molecule has 6 heteroatoms. The molecular weight excluding hydrogens is 916 g/mol. The molecule has 5 nitrogen and oxygen atoms in total. The molecule has 60 heavy (non-hydrogen) atoms. The molecule has 9 aromatic rings. The third kappa shape index (κ3) is 7.75. The van der Waals surface area contributed by atoms with Crippen LogP contribution in [0, 0.1) is 32.3 Å². The predicted molar refractivity (Wildman–Crippen MR) is 240 cm³/mol. The SMILES string of the molecule is Cc1cccc(C)c1-c1cc(Oc2[c-]c3c(cc2)c2ccccc2n3-c2cc(C(C)(C)C)ccn2)[c-]c(-n2[c-][n+](-c3ccc(-c4ccccc4)cc3)cc2C(C)(C)C)c1.[Pt]. The molecule has 0 radical (unpaired) electrons. The summed E-state index contributed by atoms with van der Waals surface area (Å²) in [6, 6.07) is 54.1. The van der Waals surface area contributed by atoms with Crippen LogP contribution in [-0.2, 0) is 31.9 Å². The topological polar surface area (TPSA) is 35.9 Å². The van der Waals surface area contributed by atoms with Crippen molar-refractivity contribution in [1.82, 2.24) is 14.1 Å². The van der Waals surface area contributed by atoms with E-state index >= 15 is 0 Å². The number of para-hydroxylation sites is 1. The van der Waals surface area contributed by atoms with E-state index in [1.807, 2.05) is 18.3 Å². The van der Waals surface area contributed by atoms with E-state index < -0.39 is 0 Å². The van der Waals surface area contributed by atoms with Crippen LogP contribution in [0.4, 0.5) is 0 Å². The van der Waals surface area contributed by atoms with Crippen LogP contribution in [-0.4, -0.2) is 14.1 Å². The zero-order valence-corrected chi connectivity index (χ0v) is 37.6. The summed E-state index contributed by atoms with van der Waals surface area (Å²) >= 11 is 0. The Hall–Kier alpha value is -6.03. The Labute approximate surface area is 368 Å².